The topological polar surface area (TPSA) is 57.4 Å². The molecular weight excluding hydrogens is 265 g/mol. The van der Waals surface area contributed by atoms with Crippen molar-refractivity contribution < 1.29 is 18.1 Å². The van der Waals surface area contributed by atoms with Crippen molar-refractivity contribution in [2.24, 2.45) is 5.73 Å². The molecule has 20 heavy (non-hydrogen) atoms. The van der Waals surface area contributed by atoms with Crippen LogP contribution in [0.1, 0.15) is 39.4 Å². The minimum Gasteiger partial charge on any atom is -0.399 e. The molecule has 1 saturated heterocycles. The Labute approximate surface area is 117 Å². The van der Waals surface area contributed by atoms with E-state index in [9.17, 15) is 8.78 Å². The first-order valence-corrected chi connectivity index (χ1v) is 6.49. The number of nitrogens with zero attached hydrogens (tertiary/aromatic N) is 1. The van der Waals surface area contributed by atoms with Crippen LogP contribution in [0, 0.1) is 0 Å². The molecule has 1 aromatic rings. The molecule has 1 aromatic heterocycles. The van der Waals surface area contributed by atoms with Gasteiger partial charge in [-0.15, -0.1) is 0 Å². The Balaban J connectivity index is 2.16. The van der Waals surface area contributed by atoms with Crippen molar-refractivity contribution in [3.8, 4) is 0 Å². The Bertz CT molecular complexity index is 464. The van der Waals surface area contributed by atoms with Crippen molar-refractivity contribution in [1.29, 1.82) is 0 Å². The van der Waals surface area contributed by atoms with Gasteiger partial charge in [0.15, 0.2) is 0 Å². The van der Waals surface area contributed by atoms with Crippen LogP contribution in [0.25, 0.3) is 0 Å². The molecule has 1 fully saturated rings. The normalized spacial score (nSPS) is 22.3. The number of alkyl halides is 2. The summed E-state index contributed by atoms with van der Waals surface area (Å²) in [4.78, 5) is 3.97. The molecule has 0 saturated carbocycles. The summed E-state index contributed by atoms with van der Waals surface area (Å²) < 4.78 is 36.7. The minimum absolute atomic E-state index is 0.153. The second kappa shape index (κ2) is 5.05. The van der Waals surface area contributed by atoms with Gasteiger partial charge in [-0.3, -0.25) is 4.98 Å². The predicted octanol–water partition coefficient (Wildman–Crippen LogP) is 1.65. The lowest BCUT2D eigenvalue weighted by atomic mass is 9.80. The highest BCUT2D eigenvalue weighted by Gasteiger charge is 2.51. The Hall–Kier alpha value is -1.05. The smallest absolute Gasteiger partial charge is 0.399 e. The van der Waals surface area contributed by atoms with Gasteiger partial charge in [-0.1, -0.05) is 6.07 Å². The lowest BCUT2D eigenvalue weighted by Gasteiger charge is -2.32. The fourth-order valence-electron chi connectivity index (χ4n) is 1.86. The van der Waals surface area contributed by atoms with E-state index in [-0.39, 0.29) is 5.69 Å². The average Bonchev–Trinajstić information content (AvgIpc) is 2.57. The van der Waals surface area contributed by atoms with E-state index in [1.54, 1.807) is 6.07 Å². The zero-order chi connectivity index (χ0) is 15.1. The minimum atomic E-state index is -2.63. The Morgan fingerprint density at radius 1 is 1.15 bits per heavy atom. The molecule has 0 radical (unpaired) electrons. The van der Waals surface area contributed by atoms with Crippen LogP contribution < -0.4 is 11.2 Å². The van der Waals surface area contributed by atoms with Gasteiger partial charge in [0, 0.05) is 11.7 Å². The lowest BCUT2D eigenvalue weighted by Crippen LogP contribution is -2.41. The molecule has 0 spiro atoms. The number of pyridine rings is 1. The maximum atomic E-state index is 12.5. The Morgan fingerprint density at radius 3 is 2.10 bits per heavy atom. The fraction of sp³-hybridized carbons (Fsp3) is 0.615. The van der Waals surface area contributed by atoms with Crippen LogP contribution in [0.2, 0.25) is 0 Å². The van der Waals surface area contributed by atoms with Crippen molar-refractivity contribution >= 4 is 12.6 Å². The second-order valence-corrected chi connectivity index (χ2v) is 5.96. The van der Waals surface area contributed by atoms with Crippen molar-refractivity contribution in [2.75, 3.05) is 0 Å². The van der Waals surface area contributed by atoms with Gasteiger partial charge in [0.05, 0.1) is 16.9 Å². The highest BCUT2D eigenvalue weighted by molar-refractivity contribution is 6.62. The number of nitrogens with two attached hydrogens (primary N) is 1. The molecule has 1 aliphatic rings. The summed E-state index contributed by atoms with van der Waals surface area (Å²) in [5.41, 5.74) is 5.30. The van der Waals surface area contributed by atoms with Crippen LogP contribution in [0.5, 0.6) is 0 Å². The molecule has 4 nitrogen and oxygen atoms in total. The van der Waals surface area contributed by atoms with E-state index >= 15 is 0 Å². The summed E-state index contributed by atoms with van der Waals surface area (Å²) in [5.74, 6) is 0. The molecule has 110 valence electrons. The molecule has 1 atom stereocenters. The van der Waals surface area contributed by atoms with Crippen LogP contribution in [0.4, 0.5) is 8.78 Å². The molecule has 0 aliphatic carbocycles. The highest BCUT2D eigenvalue weighted by Crippen LogP contribution is 2.36. The van der Waals surface area contributed by atoms with E-state index in [4.69, 9.17) is 15.0 Å². The van der Waals surface area contributed by atoms with Crippen molar-refractivity contribution in [1.82, 2.24) is 4.98 Å². The highest BCUT2D eigenvalue weighted by atomic mass is 19.3. The van der Waals surface area contributed by atoms with Gasteiger partial charge in [0.2, 0.25) is 0 Å². The third kappa shape index (κ3) is 2.70. The molecule has 2 N–H and O–H groups in total. The van der Waals surface area contributed by atoms with Gasteiger partial charge < -0.3 is 15.0 Å². The summed E-state index contributed by atoms with van der Waals surface area (Å²) in [6.07, 6.45) is -1.16. The summed E-state index contributed by atoms with van der Waals surface area (Å²) >= 11 is 0. The van der Waals surface area contributed by atoms with Gasteiger partial charge in [-0.25, -0.2) is 8.78 Å². The van der Waals surface area contributed by atoms with Crippen LogP contribution in [0.15, 0.2) is 18.3 Å². The van der Waals surface area contributed by atoms with Gasteiger partial charge in [-0.05, 0) is 33.8 Å². The predicted molar refractivity (Wildman–Crippen MR) is 72.9 cm³/mol. The van der Waals surface area contributed by atoms with E-state index in [0.29, 0.717) is 5.46 Å². The van der Waals surface area contributed by atoms with Crippen molar-refractivity contribution in [2.45, 2.75) is 51.4 Å². The second-order valence-electron chi connectivity index (χ2n) is 5.96. The summed E-state index contributed by atoms with van der Waals surface area (Å²) in [5, 5.41) is 0. The first-order chi connectivity index (χ1) is 9.14. The maximum Gasteiger partial charge on any atom is 0.496 e. The summed E-state index contributed by atoms with van der Waals surface area (Å²) in [6, 6.07) is 1.77. The Kier molecular flexibility index (Phi) is 3.88. The maximum absolute atomic E-state index is 12.5. The van der Waals surface area contributed by atoms with Gasteiger partial charge in [0.1, 0.15) is 6.04 Å². The van der Waals surface area contributed by atoms with Crippen molar-refractivity contribution in [3.63, 3.8) is 0 Å². The van der Waals surface area contributed by atoms with Gasteiger partial charge in [0.25, 0.3) is 6.43 Å². The first-order valence-electron chi connectivity index (χ1n) is 6.49. The summed E-state index contributed by atoms with van der Waals surface area (Å²) in [6.45, 7) is 7.78. The lowest BCUT2D eigenvalue weighted by molar-refractivity contribution is 0.00578. The standard InChI is InChI=1S/C13H19BF2N2O2/c1-12(2)13(3,4)20-14(19-12)8-5-6-9(18-7-8)10(17)11(15)16/h5-7,10-11H,17H2,1-4H3. The van der Waals surface area contributed by atoms with E-state index in [2.05, 4.69) is 4.98 Å². The molecule has 0 bridgehead atoms. The molecule has 0 aromatic carbocycles. The molecule has 2 rings (SSSR count). The number of aromatic nitrogens is 1. The zero-order valence-electron chi connectivity index (χ0n) is 12.1. The van der Waals surface area contributed by atoms with Gasteiger partial charge in [-0.2, -0.15) is 0 Å². The fourth-order valence-corrected chi connectivity index (χ4v) is 1.86. The first kappa shape index (κ1) is 15.3. The van der Waals surface area contributed by atoms with Crippen LogP contribution in [0.3, 0.4) is 0 Å². The van der Waals surface area contributed by atoms with E-state index in [0.717, 1.165) is 0 Å². The molecule has 1 aliphatic heterocycles. The number of hydrogen-bond acceptors (Lipinski definition) is 4. The third-order valence-corrected chi connectivity index (χ3v) is 3.95. The molecule has 1 unspecified atom stereocenters. The monoisotopic (exact) mass is 284 g/mol. The summed E-state index contributed by atoms with van der Waals surface area (Å²) in [7, 11) is -0.552. The van der Waals surface area contributed by atoms with E-state index in [1.807, 2.05) is 27.7 Å². The van der Waals surface area contributed by atoms with Crippen LogP contribution >= 0.6 is 0 Å². The third-order valence-electron chi connectivity index (χ3n) is 3.95. The SMILES string of the molecule is CC1(C)OB(c2ccc(C(N)C(F)F)nc2)OC1(C)C. The zero-order valence-corrected chi connectivity index (χ0v) is 12.1. The Morgan fingerprint density at radius 2 is 1.70 bits per heavy atom. The number of hydrogen-bond donors (Lipinski definition) is 1. The molecule has 2 heterocycles. The quantitative estimate of drug-likeness (QED) is 0.857. The largest absolute Gasteiger partial charge is 0.496 e. The molecule has 7 heteroatoms. The molecular formula is C13H19BF2N2O2. The van der Waals surface area contributed by atoms with E-state index in [1.165, 1.54) is 12.3 Å². The number of halogens is 2. The molecule has 0 amide bonds. The number of rotatable bonds is 3. The van der Waals surface area contributed by atoms with Crippen molar-refractivity contribution in [3.05, 3.63) is 24.0 Å². The van der Waals surface area contributed by atoms with E-state index < -0.39 is 30.8 Å². The average molecular weight is 284 g/mol. The van der Waals surface area contributed by atoms with Crippen LogP contribution in [-0.2, 0) is 9.31 Å². The van der Waals surface area contributed by atoms with Gasteiger partial charge >= 0.3 is 7.12 Å². The van der Waals surface area contributed by atoms with Crippen LogP contribution in [-0.4, -0.2) is 29.7 Å².